The topological polar surface area (TPSA) is 48.9 Å². The van der Waals surface area contributed by atoms with E-state index in [-0.39, 0.29) is 5.41 Å². The molecule has 1 aliphatic carbocycles. The largest absolute Gasteiger partial charge is 0.396 e. The van der Waals surface area contributed by atoms with Crippen LogP contribution in [0.5, 0.6) is 0 Å². The van der Waals surface area contributed by atoms with Crippen LogP contribution in [0.15, 0.2) is 6.33 Å². The molecule has 1 fully saturated rings. The van der Waals surface area contributed by atoms with E-state index in [1.54, 1.807) is 6.33 Å². The molecule has 12 heavy (non-hydrogen) atoms. The SMILES string of the molecule is Cc1[nH]cnc1CC1(CO)CC1. The van der Waals surface area contributed by atoms with Crippen LogP contribution < -0.4 is 0 Å². The number of hydrogen-bond donors (Lipinski definition) is 2. The average molecular weight is 166 g/mol. The maximum atomic E-state index is 9.11. The summed E-state index contributed by atoms with van der Waals surface area (Å²) in [6.07, 6.45) is 4.95. The van der Waals surface area contributed by atoms with Gasteiger partial charge in [-0.05, 0) is 31.6 Å². The minimum atomic E-state index is 0.181. The fourth-order valence-electron chi connectivity index (χ4n) is 1.49. The second-order valence-electron chi connectivity index (χ2n) is 3.81. The summed E-state index contributed by atoms with van der Waals surface area (Å²) in [5.74, 6) is 0. The van der Waals surface area contributed by atoms with Gasteiger partial charge in [0, 0.05) is 12.3 Å². The highest BCUT2D eigenvalue weighted by molar-refractivity contribution is 5.14. The maximum Gasteiger partial charge on any atom is 0.0925 e. The summed E-state index contributed by atoms with van der Waals surface area (Å²) in [6.45, 7) is 2.33. The molecule has 1 saturated carbocycles. The third kappa shape index (κ3) is 1.25. The van der Waals surface area contributed by atoms with Crippen LogP contribution in [-0.4, -0.2) is 21.7 Å². The Morgan fingerprint density at radius 3 is 2.83 bits per heavy atom. The zero-order chi connectivity index (χ0) is 8.60. The summed E-state index contributed by atoms with van der Waals surface area (Å²) in [4.78, 5) is 7.27. The van der Waals surface area contributed by atoms with Gasteiger partial charge in [0.25, 0.3) is 0 Å². The molecule has 0 bridgehead atoms. The van der Waals surface area contributed by atoms with Crippen molar-refractivity contribution in [1.29, 1.82) is 0 Å². The number of aromatic nitrogens is 2. The van der Waals surface area contributed by atoms with Gasteiger partial charge in [-0.2, -0.15) is 0 Å². The van der Waals surface area contributed by atoms with Crippen molar-refractivity contribution >= 4 is 0 Å². The molecule has 0 amide bonds. The maximum absolute atomic E-state index is 9.11. The molecule has 3 nitrogen and oxygen atoms in total. The number of aromatic amines is 1. The van der Waals surface area contributed by atoms with Crippen LogP contribution in [0, 0.1) is 12.3 Å². The number of aryl methyl sites for hydroxylation is 1. The van der Waals surface area contributed by atoms with Crippen molar-refractivity contribution in [2.24, 2.45) is 5.41 Å². The van der Waals surface area contributed by atoms with Gasteiger partial charge < -0.3 is 10.1 Å². The number of rotatable bonds is 3. The molecule has 1 heterocycles. The molecule has 1 aliphatic rings. The van der Waals surface area contributed by atoms with Gasteiger partial charge in [0.15, 0.2) is 0 Å². The third-order valence-corrected chi connectivity index (χ3v) is 2.77. The van der Waals surface area contributed by atoms with Gasteiger partial charge in [0.1, 0.15) is 0 Å². The van der Waals surface area contributed by atoms with Gasteiger partial charge in [-0.1, -0.05) is 0 Å². The average Bonchev–Trinajstić information content (AvgIpc) is 2.74. The van der Waals surface area contributed by atoms with E-state index < -0.39 is 0 Å². The Morgan fingerprint density at radius 1 is 1.67 bits per heavy atom. The molecule has 0 saturated heterocycles. The summed E-state index contributed by atoms with van der Waals surface area (Å²) in [6, 6.07) is 0. The second kappa shape index (κ2) is 2.59. The van der Waals surface area contributed by atoms with E-state index >= 15 is 0 Å². The van der Waals surface area contributed by atoms with Gasteiger partial charge in [0.05, 0.1) is 12.0 Å². The van der Waals surface area contributed by atoms with Crippen molar-refractivity contribution in [3.63, 3.8) is 0 Å². The molecular weight excluding hydrogens is 152 g/mol. The quantitative estimate of drug-likeness (QED) is 0.704. The van der Waals surface area contributed by atoms with E-state index in [2.05, 4.69) is 9.97 Å². The molecule has 0 aliphatic heterocycles. The predicted octanol–water partition coefficient (Wildman–Crippen LogP) is 1.03. The van der Waals surface area contributed by atoms with Crippen LogP contribution in [0.25, 0.3) is 0 Å². The lowest BCUT2D eigenvalue weighted by Gasteiger charge is -2.09. The van der Waals surface area contributed by atoms with Crippen molar-refractivity contribution in [3.05, 3.63) is 17.7 Å². The van der Waals surface area contributed by atoms with Gasteiger partial charge >= 0.3 is 0 Å². The predicted molar refractivity (Wildman–Crippen MR) is 45.8 cm³/mol. The first-order valence-electron chi connectivity index (χ1n) is 4.35. The highest BCUT2D eigenvalue weighted by Crippen LogP contribution is 2.47. The molecule has 0 spiro atoms. The van der Waals surface area contributed by atoms with E-state index in [4.69, 9.17) is 5.11 Å². The highest BCUT2D eigenvalue weighted by atomic mass is 16.3. The Morgan fingerprint density at radius 2 is 2.42 bits per heavy atom. The number of aliphatic hydroxyl groups is 1. The summed E-state index contributed by atoms with van der Waals surface area (Å²) >= 11 is 0. The Labute approximate surface area is 71.8 Å². The molecule has 1 aromatic heterocycles. The van der Waals surface area contributed by atoms with E-state index in [9.17, 15) is 0 Å². The smallest absolute Gasteiger partial charge is 0.0925 e. The first-order valence-corrected chi connectivity index (χ1v) is 4.35. The Hall–Kier alpha value is -0.830. The van der Waals surface area contributed by atoms with E-state index in [1.807, 2.05) is 6.92 Å². The number of nitrogens with one attached hydrogen (secondary N) is 1. The lowest BCUT2D eigenvalue weighted by atomic mass is 10.0. The Balaban J connectivity index is 2.08. The van der Waals surface area contributed by atoms with Crippen LogP contribution in [-0.2, 0) is 6.42 Å². The Bertz CT molecular complexity index is 276. The van der Waals surface area contributed by atoms with Crippen LogP contribution in [0.4, 0.5) is 0 Å². The fraction of sp³-hybridized carbons (Fsp3) is 0.667. The number of imidazole rings is 1. The molecule has 2 rings (SSSR count). The number of hydrogen-bond acceptors (Lipinski definition) is 2. The van der Waals surface area contributed by atoms with Crippen LogP contribution >= 0.6 is 0 Å². The normalized spacial score (nSPS) is 19.5. The monoisotopic (exact) mass is 166 g/mol. The van der Waals surface area contributed by atoms with E-state index in [1.165, 1.54) is 0 Å². The summed E-state index contributed by atoms with van der Waals surface area (Å²) in [7, 11) is 0. The van der Waals surface area contributed by atoms with Gasteiger partial charge in [-0.25, -0.2) is 4.98 Å². The minimum Gasteiger partial charge on any atom is -0.396 e. The minimum absolute atomic E-state index is 0.181. The van der Waals surface area contributed by atoms with Crippen LogP contribution in [0.2, 0.25) is 0 Å². The number of H-pyrrole nitrogens is 1. The third-order valence-electron chi connectivity index (χ3n) is 2.77. The fourth-order valence-corrected chi connectivity index (χ4v) is 1.49. The second-order valence-corrected chi connectivity index (χ2v) is 3.81. The number of nitrogens with zero attached hydrogens (tertiary/aromatic N) is 1. The zero-order valence-corrected chi connectivity index (χ0v) is 7.30. The molecule has 66 valence electrons. The summed E-state index contributed by atoms with van der Waals surface area (Å²) < 4.78 is 0. The van der Waals surface area contributed by atoms with Crippen molar-refractivity contribution in [1.82, 2.24) is 9.97 Å². The van der Waals surface area contributed by atoms with Gasteiger partial charge in [0.2, 0.25) is 0 Å². The van der Waals surface area contributed by atoms with E-state index in [0.29, 0.717) is 6.61 Å². The van der Waals surface area contributed by atoms with Crippen molar-refractivity contribution < 1.29 is 5.11 Å². The van der Waals surface area contributed by atoms with Crippen molar-refractivity contribution in [2.45, 2.75) is 26.2 Å². The molecule has 1 aromatic rings. The van der Waals surface area contributed by atoms with Gasteiger partial charge in [-0.15, -0.1) is 0 Å². The molecule has 2 N–H and O–H groups in total. The highest BCUT2D eigenvalue weighted by Gasteiger charge is 2.42. The number of aliphatic hydroxyl groups excluding tert-OH is 1. The molecular formula is C9H14N2O. The molecule has 0 unspecified atom stereocenters. The molecule has 0 atom stereocenters. The lowest BCUT2D eigenvalue weighted by molar-refractivity contribution is 0.210. The summed E-state index contributed by atoms with van der Waals surface area (Å²) in [5.41, 5.74) is 2.43. The van der Waals surface area contributed by atoms with Crippen molar-refractivity contribution in [3.8, 4) is 0 Å². The van der Waals surface area contributed by atoms with Gasteiger partial charge in [-0.3, -0.25) is 0 Å². The van der Waals surface area contributed by atoms with Crippen LogP contribution in [0.3, 0.4) is 0 Å². The molecule has 0 radical (unpaired) electrons. The molecule has 0 aromatic carbocycles. The van der Waals surface area contributed by atoms with Crippen molar-refractivity contribution in [2.75, 3.05) is 6.61 Å². The molecule has 3 heteroatoms. The zero-order valence-electron chi connectivity index (χ0n) is 7.30. The Kier molecular flexibility index (Phi) is 1.68. The van der Waals surface area contributed by atoms with E-state index in [0.717, 1.165) is 30.7 Å². The van der Waals surface area contributed by atoms with Crippen LogP contribution in [0.1, 0.15) is 24.2 Å². The first kappa shape index (κ1) is 7.80. The first-order chi connectivity index (χ1) is 5.76. The summed E-state index contributed by atoms with van der Waals surface area (Å²) in [5, 5.41) is 9.11. The lowest BCUT2D eigenvalue weighted by Crippen LogP contribution is -2.11. The standard InChI is InChI=1S/C9H14N2O/c1-7-8(11-6-10-7)4-9(5-12)2-3-9/h6,12H,2-5H2,1H3,(H,10,11).